The van der Waals surface area contributed by atoms with E-state index in [9.17, 15) is 4.79 Å². The quantitative estimate of drug-likeness (QED) is 0.857. The van der Waals surface area contributed by atoms with Crippen LogP contribution >= 0.6 is 0 Å². The predicted octanol–water partition coefficient (Wildman–Crippen LogP) is 1.24. The maximum Gasteiger partial charge on any atom is 0.374 e. The van der Waals surface area contributed by atoms with Crippen molar-refractivity contribution < 1.29 is 9.90 Å². The van der Waals surface area contributed by atoms with Crippen LogP contribution in [0, 0.1) is 0 Å². The highest BCUT2D eigenvalue weighted by molar-refractivity contribution is 5.83. The molecule has 1 aliphatic rings. The number of carbonyl (C=O) groups is 1. The zero-order valence-corrected chi connectivity index (χ0v) is 8.95. The monoisotopic (exact) mass is 230 g/mol. The second-order valence-electron chi connectivity index (χ2n) is 4.02. The van der Waals surface area contributed by atoms with Gasteiger partial charge in [0, 0.05) is 30.1 Å². The van der Waals surface area contributed by atoms with Crippen LogP contribution in [0.25, 0.3) is 5.82 Å². The van der Waals surface area contributed by atoms with Crippen molar-refractivity contribution in [1.82, 2.24) is 19.5 Å². The molecule has 2 heterocycles. The Balaban J connectivity index is 2.11. The van der Waals surface area contributed by atoms with Gasteiger partial charge in [-0.2, -0.15) is 0 Å². The molecule has 1 fully saturated rings. The third kappa shape index (κ3) is 1.89. The summed E-state index contributed by atoms with van der Waals surface area (Å²) in [5.41, 5.74) is 0.807. The molecule has 0 atom stereocenters. The van der Waals surface area contributed by atoms with Crippen molar-refractivity contribution in [3.05, 3.63) is 36.3 Å². The second-order valence-corrected chi connectivity index (χ2v) is 4.02. The second kappa shape index (κ2) is 3.65. The van der Waals surface area contributed by atoms with Crippen molar-refractivity contribution in [3.63, 3.8) is 0 Å². The summed E-state index contributed by atoms with van der Waals surface area (Å²) in [6.07, 6.45) is 7.08. The van der Waals surface area contributed by atoms with Crippen molar-refractivity contribution in [2.75, 3.05) is 0 Å². The minimum absolute atomic E-state index is 0.155. The summed E-state index contributed by atoms with van der Waals surface area (Å²) in [5.74, 6) is -0.317. The van der Waals surface area contributed by atoms with Crippen molar-refractivity contribution in [2.45, 2.75) is 18.8 Å². The number of hydrogen-bond donors (Lipinski definition) is 1. The molecular weight excluding hydrogens is 220 g/mol. The lowest BCUT2D eigenvalue weighted by Gasteiger charge is -2.05. The van der Waals surface area contributed by atoms with Crippen molar-refractivity contribution in [1.29, 1.82) is 0 Å². The predicted molar refractivity (Wildman–Crippen MR) is 58.1 cm³/mol. The first-order chi connectivity index (χ1) is 8.24. The van der Waals surface area contributed by atoms with Crippen molar-refractivity contribution in [3.8, 4) is 5.82 Å². The zero-order chi connectivity index (χ0) is 11.8. The molecule has 0 aromatic carbocycles. The number of rotatable bonds is 3. The minimum atomic E-state index is -1.10. The molecule has 0 bridgehead atoms. The highest BCUT2D eigenvalue weighted by Gasteiger charge is 2.27. The summed E-state index contributed by atoms with van der Waals surface area (Å²) >= 11 is 0. The topological polar surface area (TPSA) is 80.9 Å². The van der Waals surface area contributed by atoms with Crippen LogP contribution < -0.4 is 0 Å². The van der Waals surface area contributed by atoms with Crippen molar-refractivity contribution >= 4 is 5.97 Å². The molecule has 1 N–H and O–H groups in total. The van der Waals surface area contributed by atoms with Crippen LogP contribution in [0.2, 0.25) is 0 Å². The smallest absolute Gasteiger partial charge is 0.374 e. The van der Waals surface area contributed by atoms with Gasteiger partial charge in [-0.05, 0) is 12.8 Å². The Labute approximate surface area is 97.0 Å². The Morgan fingerprint density at radius 1 is 1.41 bits per heavy atom. The van der Waals surface area contributed by atoms with Crippen LogP contribution in [0.3, 0.4) is 0 Å². The lowest BCUT2D eigenvalue weighted by molar-refractivity contribution is 0.0683. The molecule has 0 radical (unpaired) electrons. The highest BCUT2D eigenvalue weighted by atomic mass is 16.4. The Morgan fingerprint density at radius 2 is 2.24 bits per heavy atom. The van der Waals surface area contributed by atoms with Crippen LogP contribution in [0.5, 0.6) is 0 Å². The van der Waals surface area contributed by atoms with Gasteiger partial charge in [0.05, 0.1) is 0 Å². The Kier molecular flexibility index (Phi) is 2.14. The van der Waals surface area contributed by atoms with E-state index in [1.165, 1.54) is 0 Å². The van der Waals surface area contributed by atoms with Gasteiger partial charge in [-0.25, -0.2) is 19.7 Å². The number of nitrogens with zero attached hydrogens (tertiary/aromatic N) is 4. The van der Waals surface area contributed by atoms with Gasteiger partial charge < -0.3 is 5.11 Å². The maximum absolute atomic E-state index is 11.0. The third-order valence-corrected chi connectivity index (χ3v) is 2.69. The van der Waals surface area contributed by atoms with Gasteiger partial charge in [0.2, 0.25) is 5.82 Å². The number of carboxylic acid groups (broad SMARTS) is 1. The fourth-order valence-corrected chi connectivity index (χ4v) is 1.66. The Bertz CT molecular complexity index is 561. The molecule has 0 spiro atoms. The number of imidazole rings is 1. The lowest BCUT2D eigenvalue weighted by Crippen LogP contribution is -2.09. The van der Waals surface area contributed by atoms with Crippen LogP contribution in [0.1, 0.15) is 35.1 Å². The van der Waals surface area contributed by atoms with Crippen LogP contribution in [0.15, 0.2) is 24.8 Å². The van der Waals surface area contributed by atoms with E-state index in [0.717, 1.165) is 18.5 Å². The molecule has 86 valence electrons. The largest absolute Gasteiger partial charge is 0.475 e. The third-order valence-electron chi connectivity index (χ3n) is 2.69. The number of aromatic nitrogens is 4. The summed E-state index contributed by atoms with van der Waals surface area (Å²) in [6.45, 7) is 0. The summed E-state index contributed by atoms with van der Waals surface area (Å²) < 4.78 is 1.68. The molecule has 0 aliphatic heterocycles. The molecule has 0 saturated heterocycles. The highest BCUT2D eigenvalue weighted by Crippen LogP contribution is 2.39. The van der Waals surface area contributed by atoms with Crippen molar-refractivity contribution in [2.24, 2.45) is 0 Å². The van der Waals surface area contributed by atoms with E-state index >= 15 is 0 Å². The minimum Gasteiger partial charge on any atom is -0.475 e. The van der Waals surface area contributed by atoms with Gasteiger partial charge in [-0.1, -0.05) is 0 Å². The molecule has 1 saturated carbocycles. The van der Waals surface area contributed by atoms with Gasteiger partial charge in [0.1, 0.15) is 12.1 Å². The molecule has 0 amide bonds. The molecular formula is C11H10N4O2. The molecule has 6 nitrogen and oxygen atoms in total. The summed E-state index contributed by atoms with van der Waals surface area (Å²) in [4.78, 5) is 22.9. The van der Waals surface area contributed by atoms with Gasteiger partial charge in [-0.3, -0.25) is 4.57 Å². The first kappa shape index (κ1) is 9.95. The fraction of sp³-hybridized carbons (Fsp3) is 0.273. The van der Waals surface area contributed by atoms with Gasteiger partial charge >= 0.3 is 5.97 Å². The van der Waals surface area contributed by atoms with Gasteiger partial charge in [-0.15, -0.1) is 0 Å². The van der Waals surface area contributed by atoms with E-state index in [0.29, 0.717) is 11.7 Å². The van der Waals surface area contributed by atoms with Crippen LogP contribution in [0.4, 0.5) is 0 Å². The van der Waals surface area contributed by atoms with E-state index < -0.39 is 5.97 Å². The average Bonchev–Trinajstić information content (AvgIpc) is 3.04. The SMILES string of the molecule is O=C(O)c1nc(C2CC2)cc(-n2ccnc2)n1. The number of hydrogen-bond acceptors (Lipinski definition) is 4. The standard InChI is InChI=1S/C11H10N4O2/c16-11(17)10-13-8(7-1-2-7)5-9(14-10)15-4-3-12-6-15/h3-7H,1-2H2,(H,16,17). The Hall–Kier alpha value is -2.24. The summed E-state index contributed by atoms with van der Waals surface area (Å²) in [7, 11) is 0. The molecule has 17 heavy (non-hydrogen) atoms. The normalized spacial score (nSPS) is 14.8. The van der Waals surface area contributed by atoms with E-state index in [2.05, 4.69) is 15.0 Å². The number of carboxylic acids is 1. The first-order valence-corrected chi connectivity index (χ1v) is 5.34. The summed E-state index contributed by atoms with van der Waals surface area (Å²) in [5, 5.41) is 8.98. The summed E-state index contributed by atoms with van der Waals surface area (Å²) in [6, 6.07) is 1.83. The van der Waals surface area contributed by atoms with Gasteiger partial charge in [0.15, 0.2) is 0 Å². The fourth-order valence-electron chi connectivity index (χ4n) is 1.66. The van der Waals surface area contributed by atoms with Crippen LogP contribution in [-0.4, -0.2) is 30.6 Å². The van der Waals surface area contributed by atoms with E-state index in [1.54, 1.807) is 23.3 Å². The average molecular weight is 230 g/mol. The van der Waals surface area contributed by atoms with Gasteiger partial charge in [0.25, 0.3) is 0 Å². The Morgan fingerprint density at radius 3 is 2.82 bits per heavy atom. The molecule has 1 aliphatic carbocycles. The lowest BCUT2D eigenvalue weighted by atomic mass is 10.2. The molecule has 0 unspecified atom stereocenters. The van der Waals surface area contributed by atoms with E-state index in [1.807, 2.05) is 6.07 Å². The molecule has 2 aromatic rings. The van der Waals surface area contributed by atoms with E-state index in [-0.39, 0.29) is 5.82 Å². The first-order valence-electron chi connectivity index (χ1n) is 5.34. The molecule has 2 aromatic heterocycles. The number of aromatic carboxylic acids is 1. The van der Waals surface area contributed by atoms with Crippen LogP contribution in [-0.2, 0) is 0 Å². The van der Waals surface area contributed by atoms with E-state index in [4.69, 9.17) is 5.11 Å². The molecule has 3 rings (SSSR count). The molecule has 6 heteroatoms. The maximum atomic E-state index is 11.0. The zero-order valence-electron chi connectivity index (χ0n) is 8.95.